The largest absolute Gasteiger partial charge is 0.492 e. The lowest BCUT2D eigenvalue weighted by molar-refractivity contribution is 0.298. The Morgan fingerprint density at radius 2 is 2.05 bits per heavy atom. The van der Waals surface area contributed by atoms with Gasteiger partial charge in [0.2, 0.25) is 0 Å². The third-order valence-electron chi connectivity index (χ3n) is 3.72. The van der Waals surface area contributed by atoms with Crippen molar-refractivity contribution < 1.29 is 4.74 Å². The van der Waals surface area contributed by atoms with E-state index in [2.05, 4.69) is 17.0 Å². The van der Waals surface area contributed by atoms with Crippen LogP contribution < -0.4 is 10.5 Å². The molecule has 0 saturated heterocycles. The maximum Gasteiger partial charge on any atom is 0.119 e. The normalized spacial score (nSPS) is 18.1. The Morgan fingerprint density at radius 1 is 1.21 bits per heavy atom. The first kappa shape index (κ1) is 12.3. The van der Waals surface area contributed by atoms with Crippen molar-refractivity contribution >= 4 is 0 Å². The van der Waals surface area contributed by atoms with E-state index in [1.54, 1.807) is 0 Å². The Kier molecular flexibility index (Phi) is 3.56. The standard InChI is InChI=1S/C16H20N2O/c17-16-8-4-5-13-11-18(12-15(13)16)9-10-19-14-6-2-1-3-7-14/h1-3,6-7,11-12,16H,4-5,8-10,17H2. The minimum absolute atomic E-state index is 0.222. The van der Waals surface area contributed by atoms with Gasteiger partial charge in [-0.3, -0.25) is 0 Å². The van der Waals surface area contributed by atoms with Crippen molar-refractivity contribution in [2.45, 2.75) is 31.8 Å². The topological polar surface area (TPSA) is 40.2 Å². The summed E-state index contributed by atoms with van der Waals surface area (Å²) in [5.74, 6) is 0.927. The summed E-state index contributed by atoms with van der Waals surface area (Å²) in [4.78, 5) is 0. The molecule has 1 unspecified atom stereocenters. The highest BCUT2D eigenvalue weighted by molar-refractivity contribution is 5.30. The molecule has 3 nitrogen and oxygen atoms in total. The molecular formula is C16H20N2O. The van der Waals surface area contributed by atoms with Crippen LogP contribution in [0.5, 0.6) is 5.75 Å². The van der Waals surface area contributed by atoms with E-state index in [0.29, 0.717) is 6.61 Å². The Labute approximate surface area is 114 Å². The van der Waals surface area contributed by atoms with Crippen LogP contribution in [0.1, 0.15) is 30.0 Å². The molecule has 0 saturated carbocycles. The average Bonchev–Trinajstić information content (AvgIpc) is 2.84. The first-order chi connectivity index (χ1) is 9.33. The number of rotatable bonds is 4. The third kappa shape index (κ3) is 2.82. The third-order valence-corrected chi connectivity index (χ3v) is 3.72. The predicted octanol–water partition coefficient (Wildman–Crippen LogP) is 2.90. The number of ether oxygens (including phenoxy) is 1. The van der Waals surface area contributed by atoms with Crippen LogP contribution in [0.2, 0.25) is 0 Å². The van der Waals surface area contributed by atoms with E-state index < -0.39 is 0 Å². The summed E-state index contributed by atoms with van der Waals surface area (Å²) in [7, 11) is 0. The summed E-state index contributed by atoms with van der Waals surface area (Å²) in [6, 6.07) is 10.2. The smallest absolute Gasteiger partial charge is 0.119 e. The number of fused-ring (bicyclic) bond motifs is 1. The van der Waals surface area contributed by atoms with Gasteiger partial charge < -0.3 is 15.0 Å². The number of nitrogens with zero attached hydrogens (tertiary/aromatic N) is 1. The Balaban J connectivity index is 1.59. The molecule has 1 aliphatic carbocycles. The molecule has 100 valence electrons. The van der Waals surface area contributed by atoms with Crippen LogP contribution in [-0.4, -0.2) is 11.2 Å². The average molecular weight is 256 g/mol. The fourth-order valence-electron chi connectivity index (χ4n) is 2.70. The number of aromatic nitrogens is 1. The first-order valence-corrected chi connectivity index (χ1v) is 6.95. The second kappa shape index (κ2) is 5.49. The Bertz CT molecular complexity index is 533. The van der Waals surface area contributed by atoms with Gasteiger partial charge in [-0.05, 0) is 42.5 Å². The Morgan fingerprint density at radius 3 is 2.84 bits per heavy atom. The lowest BCUT2D eigenvalue weighted by Gasteiger charge is -2.17. The van der Waals surface area contributed by atoms with Crippen LogP contribution in [0.15, 0.2) is 42.7 Å². The Hall–Kier alpha value is -1.74. The summed E-state index contributed by atoms with van der Waals surface area (Å²) >= 11 is 0. The quantitative estimate of drug-likeness (QED) is 0.913. The molecule has 1 aliphatic rings. The zero-order valence-corrected chi connectivity index (χ0v) is 11.1. The first-order valence-electron chi connectivity index (χ1n) is 6.95. The van der Waals surface area contributed by atoms with Gasteiger partial charge in [-0.2, -0.15) is 0 Å². The van der Waals surface area contributed by atoms with Crippen LogP contribution >= 0.6 is 0 Å². The maximum atomic E-state index is 6.13. The SMILES string of the molecule is NC1CCCc2cn(CCOc3ccccc3)cc21. The van der Waals surface area contributed by atoms with E-state index in [-0.39, 0.29) is 6.04 Å². The number of nitrogens with two attached hydrogens (primary N) is 1. The highest BCUT2D eigenvalue weighted by Crippen LogP contribution is 2.28. The number of hydrogen-bond donors (Lipinski definition) is 1. The van der Waals surface area contributed by atoms with Crippen molar-refractivity contribution in [1.82, 2.24) is 4.57 Å². The lowest BCUT2D eigenvalue weighted by atomic mass is 9.92. The van der Waals surface area contributed by atoms with Gasteiger partial charge >= 0.3 is 0 Å². The molecule has 2 N–H and O–H groups in total. The van der Waals surface area contributed by atoms with Gasteiger partial charge in [0.05, 0.1) is 6.54 Å². The van der Waals surface area contributed by atoms with Crippen LogP contribution in [0.3, 0.4) is 0 Å². The molecule has 1 aromatic heterocycles. The second-order valence-electron chi connectivity index (χ2n) is 5.14. The van der Waals surface area contributed by atoms with E-state index in [0.717, 1.165) is 25.1 Å². The van der Waals surface area contributed by atoms with Crippen molar-refractivity contribution in [3.8, 4) is 5.75 Å². The molecule has 0 amide bonds. The van der Waals surface area contributed by atoms with Crippen molar-refractivity contribution in [3.63, 3.8) is 0 Å². The summed E-state index contributed by atoms with van der Waals surface area (Å²) in [5, 5.41) is 0. The fraction of sp³-hybridized carbons (Fsp3) is 0.375. The number of benzene rings is 1. The van der Waals surface area contributed by atoms with E-state index in [1.807, 2.05) is 30.3 Å². The molecule has 3 heteroatoms. The molecule has 0 fully saturated rings. The van der Waals surface area contributed by atoms with E-state index >= 15 is 0 Å². The van der Waals surface area contributed by atoms with Gasteiger partial charge in [0, 0.05) is 18.4 Å². The molecule has 0 bridgehead atoms. The minimum atomic E-state index is 0.222. The summed E-state index contributed by atoms with van der Waals surface area (Å²) in [6.45, 7) is 1.56. The van der Waals surface area contributed by atoms with Crippen LogP contribution in [0, 0.1) is 0 Å². The van der Waals surface area contributed by atoms with Crippen LogP contribution in [0.4, 0.5) is 0 Å². The van der Waals surface area contributed by atoms with Crippen LogP contribution in [0.25, 0.3) is 0 Å². The minimum Gasteiger partial charge on any atom is -0.492 e. The molecule has 0 aliphatic heterocycles. The van der Waals surface area contributed by atoms with E-state index in [9.17, 15) is 0 Å². The molecule has 1 atom stereocenters. The second-order valence-corrected chi connectivity index (χ2v) is 5.14. The fourth-order valence-corrected chi connectivity index (χ4v) is 2.70. The molecule has 2 aromatic rings. The molecule has 19 heavy (non-hydrogen) atoms. The highest BCUT2D eigenvalue weighted by Gasteiger charge is 2.18. The van der Waals surface area contributed by atoms with Crippen molar-refractivity contribution in [3.05, 3.63) is 53.9 Å². The summed E-state index contributed by atoms with van der Waals surface area (Å²) in [5.41, 5.74) is 8.88. The monoisotopic (exact) mass is 256 g/mol. The number of hydrogen-bond acceptors (Lipinski definition) is 2. The van der Waals surface area contributed by atoms with Crippen molar-refractivity contribution in [2.24, 2.45) is 5.73 Å². The maximum absolute atomic E-state index is 6.13. The van der Waals surface area contributed by atoms with Gasteiger partial charge in [-0.1, -0.05) is 18.2 Å². The molecule has 0 radical (unpaired) electrons. The highest BCUT2D eigenvalue weighted by atomic mass is 16.5. The van der Waals surface area contributed by atoms with Gasteiger partial charge in [0.25, 0.3) is 0 Å². The van der Waals surface area contributed by atoms with E-state index in [1.165, 1.54) is 17.5 Å². The van der Waals surface area contributed by atoms with Gasteiger partial charge in [-0.15, -0.1) is 0 Å². The molecule has 1 heterocycles. The number of aryl methyl sites for hydroxylation is 1. The van der Waals surface area contributed by atoms with Gasteiger partial charge in [0.1, 0.15) is 12.4 Å². The lowest BCUT2D eigenvalue weighted by Crippen LogP contribution is -2.15. The zero-order chi connectivity index (χ0) is 13.1. The number of para-hydroxylation sites is 1. The zero-order valence-electron chi connectivity index (χ0n) is 11.1. The molecule has 1 aromatic carbocycles. The predicted molar refractivity (Wildman–Crippen MR) is 76.2 cm³/mol. The van der Waals surface area contributed by atoms with Crippen LogP contribution in [-0.2, 0) is 13.0 Å². The van der Waals surface area contributed by atoms with Gasteiger partial charge in [-0.25, -0.2) is 0 Å². The summed E-state index contributed by atoms with van der Waals surface area (Å²) in [6.07, 6.45) is 7.89. The van der Waals surface area contributed by atoms with Crippen molar-refractivity contribution in [1.29, 1.82) is 0 Å². The van der Waals surface area contributed by atoms with E-state index in [4.69, 9.17) is 10.5 Å². The van der Waals surface area contributed by atoms with Gasteiger partial charge in [0.15, 0.2) is 0 Å². The summed E-state index contributed by atoms with van der Waals surface area (Å²) < 4.78 is 7.92. The van der Waals surface area contributed by atoms with Crippen molar-refractivity contribution in [2.75, 3.05) is 6.61 Å². The molecular weight excluding hydrogens is 236 g/mol. The molecule has 3 rings (SSSR count). The molecule has 0 spiro atoms.